The molecule has 0 aliphatic heterocycles. The molecular weight excluding hydrogens is 164 g/mol. The molecule has 0 saturated heterocycles. The predicted octanol–water partition coefficient (Wildman–Crippen LogP) is 2.03. The van der Waals surface area contributed by atoms with Gasteiger partial charge in [0, 0.05) is 20.0 Å². The van der Waals surface area contributed by atoms with Gasteiger partial charge in [0.25, 0.3) is 0 Å². The molecule has 0 aromatic rings. The van der Waals surface area contributed by atoms with Crippen LogP contribution in [-0.2, 0) is 9.53 Å². The van der Waals surface area contributed by atoms with Crippen molar-refractivity contribution in [2.45, 2.75) is 39.2 Å². The number of unbranched alkanes of at least 4 members (excludes halogenated alkanes) is 1. The molecule has 0 N–H and O–H groups in total. The first-order chi connectivity index (χ1) is 6.13. The van der Waals surface area contributed by atoms with E-state index in [4.69, 9.17) is 11.2 Å². The van der Waals surface area contributed by atoms with E-state index in [0.717, 1.165) is 6.42 Å². The number of Topliss-reactive ketones (excluding diaryl/α,β-unsaturated/α-hetero) is 1. The van der Waals surface area contributed by atoms with Crippen LogP contribution in [0.2, 0.25) is 0 Å². The van der Waals surface area contributed by atoms with Gasteiger partial charge in [0.15, 0.2) is 5.78 Å². The van der Waals surface area contributed by atoms with Crippen LogP contribution in [0.4, 0.5) is 0 Å². The Bertz CT molecular complexity index is 189. The number of carbonyl (C=O) groups is 1. The van der Waals surface area contributed by atoms with E-state index in [0.29, 0.717) is 12.8 Å². The standard InChI is InChI=1S/C11H18O2/c1-5-6-7-8-10(12)11(13-4)9(2)3/h1,9,11H,6-8H2,2-4H3. The van der Waals surface area contributed by atoms with Gasteiger partial charge in [-0.15, -0.1) is 12.3 Å². The number of methoxy groups -OCH3 is 1. The Morgan fingerprint density at radius 3 is 2.54 bits per heavy atom. The molecule has 0 fully saturated rings. The SMILES string of the molecule is C#CCCCC(=O)C(OC)C(C)C. The Morgan fingerprint density at radius 2 is 2.15 bits per heavy atom. The second-order valence-corrected chi connectivity index (χ2v) is 3.42. The highest BCUT2D eigenvalue weighted by atomic mass is 16.5. The maximum absolute atomic E-state index is 11.5. The summed E-state index contributed by atoms with van der Waals surface area (Å²) in [5, 5.41) is 0. The van der Waals surface area contributed by atoms with E-state index >= 15 is 0 Å². The summed E-state index contributed by atoms with van der Waals surface area (Å²) in [4.78, 5) is 11.5. The van der Waals surface area contributed by atoms with E-state index in [1.165, 1.54) is 0 Å². The van der Waals surface area contributed by atoms with Crippen molar-refractivity contribution in [1.82, 2.24) is 0 Å². The van der Waals surface area contributed by atoms with Crippen molar-refractivity contribution >= 4 is 5.78 Å². The van der Waals surface area contributed by atoms with Crippen molar-refractivity contribution in [2.75, 3.05) is 7.11 Å². The minimum Gasteiger partial charge on any atom is -0.373 e. The van der Waals surface area contributed by atoms with Crippen molar-refractivity contribution in [3.8, 4) is 12.3 Å². The van der Waals surface area contributed by atoms with Gasteiger partial charge < -0.3 is 4.74 Å². The lowest BCUT2D eigenvalue weighted by molar-refractivity contribution is -0.131. The lowest BCUT2D eigenvalue weighted by Crippen LogP contribution is -2.28. The zero-order valence-electron chi connectivity index (χ0n) is 8.67. The third-order valence-electron chi connectivity index (χ3n) is 1.92. The van der Waals surface area contributed by atoms with E-state index in [2.05, 4.69) is 5.92 Å². The number of ketones is 1. The first kappa shape index (κ1) is 12.2. The first-order valence-electron chi connectivity index (χ1n) is 4.62. The van der Waals surface area contributed by atoms with Gasteiger partial charge >= 0.3 is 0 Å². The fourth-order valence-electron chi connectivity index (χ4n) is 1.28. The number of rotatable bonds is 6. The summed E-state index contributed by atoms with van der Waals surface area (Å²) in [5.74, 6) is 2.92. The Morgan fingerprint density at radius 1 is 1.54 bits per heavy atom. The largest absolute Gasteiger partial charge is 0.373 e. The van der Waals surface area contributed by atoms with Crippen LogP contribution in [0.5, 0.6) is 0 Å². The summed E-state index contributed by atoms with van der Waals surface area (Å²) in [5.41, 5.74) is 0. The van der Waals surface area contributed by atoms with E-state index in [9.17, 15) is 4.79 Å². The molecule has 0 aliphatic carbocycles. The average Bonchev–Trinajstić information content (AvgIpc) is 2.05. The monoisotopic (exact) mass is 182 g/mol. The number of hydrogen-bond acceptors (Lipinski definition) is 2. The number of hydrogen-bond donors (Lipinski definition) is 0. The molecule has 0 bridgehead atoms. The molecule has 2 nitrogen and oxygen atoms in total. The molecule has 0 aromatic heterocycles. The third-order valence-corrected chi connectivity index (χ3v) is 1.92. The second-order valence-electron chi connectivity index (χ2n) is 3.42. The summed E-state index contributed by atoms with van der Waals surface area (Å²) in [7, 11) is 1.57. The summed E-state index contributed by atoms with van der Waals surface area (Å²) >= 11 is 0. The molecule has 1 unspecified atom stereocenters. The number of ether oxygens (including phenoxy) is 1. The zero-order valence-corrected chi connectivity index (χ0v) is 8.67. The van der Waals surface area contributed by atoms with Crippen LogP contribution < -0.4 is 0 Å². The quantitative estimate of drug-likeness (QED) is 0.464. The van der Waals surface area contributed by atoms with Gasteiger partial charge in [0.1, 0.15) is 6.10 Å². The van der Waals surface area contributed by atoms with E-state index in [-0.39, 0.29) is 17.8 Å². The van der Waals surface area contributed by atoms with E-state index in [1.807, 2.05) is 13.8 Å². The van der Waals surface area contributed by atoms with Crippen molar-refractivity contribution in [2.24, 2.45) is 5.92 Å². The minimum absolute atomic E-state index is 0.160. The van der Waals surface area contributed by atoms with Gasteiger partial charge in [-0.1, -0.05) is 13.8 Å². The fourth-order valence-corrected chi connectivity index (χ4v) is 1.28. The maximum Gasteiger partial charge on any atom is 0.161 e. The van der Waals surface area contributed by atoms with Crippen LogP contribution >= 0.6 is 0 Å². The predicted molar refractivity (Wildman–Crippen MR) is 53.3 cm³/mol. The Labute approximate surface area is 80.7 Å². The maximum atomic E-state index is 11.5. The van der Waals surface area contributed by atoms with E-state index in [1.54, 1.807) is 7.11 Å². The molecule has 0 rings (SSSR count). The van der Waals surface area contributed by atoms with Crippen molar-refractivity contribution in [3.05, 3.63) is 0 Å². The summed E-state index contributed by atoms with van der Waals surface area (Å²) < 4.78 is 5.10. The fraction of sp³-hybridized carbons (Fsp3) is 0.727. The van der Waals surface area contributed by atoms with Crippen molar-refractivity contribution in [3.63, 3.8) is 0 Å². The minimum atomic E-state index is -0.266. The smallest absolute Gasteiger partial charge is 0.161 e. The molecule has 0 aliphatic rings. The van der Waals surface area contributed by atoms with Gasteiger partial charge in [-0.3, -0.25) is 4.79 Å². The topological polar surface area (TPSA) is 26.3 Å². The molecule has 13 heavy (non-hydrogen) atoms. The Balaban J connectivity index is 3.86. The Kier molecular flexibility index (Phi) is 6.26. The first-order valence-corrected chi connectivity index (χ1v) is 4.62. The van der Waals surface area contributed by atoms with Crippen molar-refractivity contribution in [1.29, 1.82) is 0 Å². The molecular formula is C11H18O2. The van der Waals surface area contributed by atoms with Crippen molar-refractivity contribution < 1.29 is 9.53 Å². The molecule has 2 heteroatoms. The van der Waals surface area contributed by atoms with Gasteiger partial charge in [0.05, 0.1) is 0 Å². The highest BCUT2D eigenvalue weighted by molar-refractivity contribution is 5.83. The molecule has 0 radical (unpaired) electrons. The van der Waals surface area contributed by atoms with E-state index < -0.39 is 0 Å². The molecule has 0 spiro atoms. The molecule has 0 heterocycles. The lowest BCUT2D eigenvalue weighted by Gasteiger charge is -2.17. The zero-order chi connectivity index (χ0) is 10.3. The van der Waals surface area contributed by atoms with Gasteiger partial charge in [-0.2, -0.15) is 0 Å². The summed E-state index contributed by atoms with van der Waals surface area (Å²) in [6.07, 6.45) is 6.79. The van der Waals surface area contributed by atoms with Gasteiger partial charge in [-0.25, -0.2) is 0 Å². The molecule has 0 aromatic carbocycles. The third kappa shape index (κ3) is 4.69. The molecule has 74 valence electrons. The number of terminal acetylenes is 1. The van der Waals surface area contributed by atoms with Crippen LogP contribution in [0.3, 0.4) is 0 Å². The van der Waals surface area contributed by atoms with Crippen LogP contribution in [0.15, 0.2) is 0 Å². The molecule has 1 atom stereocenters. The molecule has 0 amide bonds. The summed E-state index contributed by atoms with van der Waals surface area (Å²) in [6, 6.07) is 0. The summed E-state index contributed by atoms with van der Waals surface area (Å²) in [6.45, 7) is 3.96. The highest BCUT2D eigenvalue weighted by Gasteiger charge is 2.20. The second kappa shape index (κ2) is 6.68. The normalized spacial score (nSPS) is 12.5. The number of carbonyl (C=O) groups excluding carboxylic acids is 1. The van der Waals surface area contributed by atoms with Crippen LogP contribution in [0.25, 0.3) is 0 Å². The van der Waals surface area contributed by atoms with Crippen LogP contribution in [-0.4, -0.2) is 19.0 Å². The van der Waals surface area contributed by atoms with Gasteiger partial charge in [-0.05, 0) is 12.3 Å². The van der Waals surface area contributed by atoms with Crippen LogP contribution in [0, 0.1) is 18.3 Å². The Hall–Kier alpha value is -0.810. The van der Waals surface area contributed by atoms with Gasteiger partial charge in [0.2, 0.25) is 0 Å². The lowest BCUT2D eigenvalue weighted by atomic mass is 9.99. The average molecular weight is 182 g/mol. The van der Waals surface area contributed by atoms with Crippen LogP contribution in [0.1, 0.15) is 33.1 Å². The molecule has 0 saturated carbocycles. The highest BCUT2D eigenvalue weighted by Crippen LogP contribution is 2.10.